The summed E-state index contributed by atoms with van der Waals surface area (Å²) in [7, 11) is 1.05. The fourth-order valence-electron chi connectivity index (χ4n) is 1.34. The zero-order valence-electron chi connectivity index (χ0n) is 10.7. The van der Waals surface area contributed by atoms with E-state index < -0.39 is 17.6 Å². The van der Waals surface area contributed by atoms with Crippen LogP contribution in [0, 0.1) is 5.82 Å². The van der Waals surface area contributed by atoms with E-state index in [-0.39, 0.29) is 27.8 Å². The van der Waals surface area contributed by atoms with Crippen molar-refractivity contribution in [3.63, 3.8) is 0 Å². The van der Waals surface area contributed by atoms with Crippen LogP contribution in [0.3, 0.4) is 0 Å². The highest BCUT2D eigenvalue weighted by molar-refractivity contribution is 6.52. The topological polar surface area (TPSA) is 52.6 Å². The van der Waals surface area contributed by atoms with E-state index >= 15 is 0 Å². The molecule has 0 N–H and O–H groups in total. The number of methoxy groups -OCH3 is 1. The van der Waals surface area contributed by atoms with E-state index in [9.17, 15) is 14.0 Å². The molecule has 1 aromatic rings. The van der Waals surface area contributed by atoms with Crippen molar-refractivity contribution in [3.8, 4) is 0 Å². The minimum absolute atomic E-state index is 0.00538. The molecule has 0 amide bonds. The van der Waals surface area contributed by atoms with Crippen LogP contribution in [0.5, 0.6) is 0 Å². The number of ether oxygens (including phenoxy) is 2. The van der Waals surface area contributed by atoms with Crippen molar-refractivity contribution < 1.29 is 23.5 Å². The summed E-state index contributed by atoms with van der Waals surface area (Å²) >= 11 is 11.5. The lowest BCUT2D eigenvalue weighted by Gasteiger charge is -2.08. The van der Waals surface area contributed by atoms with Crippen molar-refractivity contribution in [2.45, 2.75) is 6.92 Å². The van der Waals surface area contributed by atoms with Gasteiger partial charge in [-0.05, 0) is 19.1 Å². The maximum atomic E-state index is 13.9. The highest BCUT2D eigenvalue weighted by Crippen LogP contribution is 2.29. The molecule has 0 aliphatic carbocycles. The van der Waals surface area contributed by atoms with Crippen LogP contribution in [0.15, 0.2) is 18.4 Å². The molecule has 0 saturated heterocycles. The number of halogens is 3. The Balaban J connectivity index is 3.35. The summed E-state index contributed by atoms with van der Waals surface area (Å²) in [5, 5.41) is 0.0392. The van der Waals surface area contributed by atoms with Gasteiger partial charge in [-0.25, -0.2) is 9.18 Å². The number of hydrogen-bond donors (Lipinski definition) is 0. The molecule has 7 heteroatoms. The number of Topliss-reactive ketones (excluding diaryl/α,β-unsaturated/α-hetero) is 1. The zero-order chi connectivity index (χ0) is 15.3. The molecule has 1 rings (SSSR count). The monoisotopic (exact) mass is 320 g/mol. The van der Waals surface area contributed by atoms with E-state index in [1.807, 2.05) is 0 Å². The predicted molar refractivity (Wildman–Crippen MR) is 73.0 cm³/mol. The third-order valence-corrected chi connectivity index (χ3v) is 3.01. The normalized spacial score (nSPS) is 11.2. The van der Waals surface area contributed by atoms with Crippen molar-refractivity contribution in [2.24, 2.45) is 0 Å². The second-order valence-corrected chi connectivity index (χ2v) is 4.37. The highest BCUT2D eigenvalue weighted by Gasteiger charge is 2.25. The highest BCUT2D eigenvalue weighted by atomic mass is 35.5. The van der Waals surface area contributed by atoms with Gasteiger partial charge in [-0.3, -0.25) is 4.79 Å². The first kappa shape index (κ1) is 16.5. The first-order valence-electron chi connectivity index (χ1n) is 5.51. The van der Waals surface area contributed by atoms with Gasteiger partial charge in [0.05, 0.1) is 35.6 Å². The van der Waals surface area contributed by atoms with Gasteiger partial charge in [-0.2, -0.15) is 0 Å². The number of carbonyl (C=O) groups excluding carboxylic acids is 2. The van der Waals surface area contributed by atoms with E-state index in [0.717, 1.165) is 25.5 Å². The second kappa shape index (κ2) is 7.26. The molecule has 0 unspecified atom stereocenters. The summed E-state index contributed by atoms with van der Waals surface area (Å²) in [6.07, 6.45) is 0.988. The summed E-state index contributed by atoms with van der Waals surface area (Å²) in [5.41, 5.74) is -0.488. The van der Waals surface area contributed by atoms with Crippen LogP contribution in [0.1, 0.15) is 12.5 Å². The molecule has 108 valence electrons. The molecule has 0 fully saturated rings. The van der Waals surface area contributed by atoms with Gasteiger partial charge >= 0.3 is 5.97 Å². The maximum Gasteiger partial charge on any atom is 0.379 e. The van der Waals surface area contributed by atoms with E-state index in [1.54, 1.807) is 6.92 Å². The standard InChI is InChI=1S/C13H11Cl2FO4/c1-3-20-6-8(12(17)13(18)19-2)7-4-9(14)10(15)5-11(7)16/h4-6H,3H2,1-2H3. The quantitative estimate of drug-likeness (QED) is 0.275. The first-order valence-corrected chi connectivity index (χ1v) is 6.27. The van der Waals surface area contributed by atoms with Gasteiger partial charge in [-0.1, -0.05) is 23.2 Å². The van der Waals surface area contributed by atoms with Crippen LogP contribution in [0.4, 0.5) is 4.39 Å². The SMILES string of the molecule is CCOC=C(C(=O)C(=O)OC)c1cc(Cl)c(Cl)cc1F. The number of carbonyl (C=O) groups is 2. The van der Waals surface area contributed by atoms with Gasteiger partial charge in [0, 0.05) is 5.56 Å². The lowest BCUT2D eigenvalue weighted by molar-refractivity contribution is -0.149. The molecule has 0 heterocycles. The molecule has 0 aliphatic heterocycles. The lowest BCUT2D eigenvalue weighted by atomic mass is 10.0. The van der Waals surface area contributed by atoms with Crippen molar-refractivity contribution in [1.29, 1.82) is 0 Å². The Kier molecular flexibility index (Phi) is 5.98. The largest absolute Gasteiger partial charge is 0.501 e. The number of esters is 1. The molecule has 0 aromatic heterocycles. The minimum Gasteiger partial charge on any atom is -0.501 e. The maximum absolute atomic E-state index is 13.9. The molecular formula is C13H11Cl2FO4. The Morgan fingerprint density at radius 1 is 1.30 bits per heavy atom. The van der Waals surface area contributed by atoms with Gasteiger partial charge in [0.2, 0.25) is 0 Å². The Hall–Kier alpha value is -1.59. The van der Waals surface area contributed by atoms with Crippen molar-refractivity contribution in [3.05, 3.63) is 39.8 Å². The van der Waals surface area contributed by atoms with Crippen LogP contribution in [0.2, 0.25) is 10.0 Å². The molecule has 0 bridgehead atoms. The molecule has 0 radical (unpaired) electrons. The van der Waals surface area contributed by atoms with E-state index in [0.29, 0.717) is 0 Å². The summed E-state index contributed by atoms with van der Waals surface area (Å²) < 4.78 is 23.2. The van der Waals surface area contributed by atoms with Gasteiger partial charge < -0.3 is 9.47 Å². The molecule has 1 aromatic carbocycles. The van der Waals surface area contributed by atoms with Crippen LogP contribution in [-0.4, -0.2) is 25.5 Å². The predicted octanol–water partition coefficient (Wildman–Crippen LogP) is 3.25. The van der Waals surface area contributed by atoms with Crippen LogP contribution in [-0.2, 0) is 19.1 Å². The second-order valence-electron chi connectivity index (χ2n) is 3.55. The number of benzene rings is 1. The summed E-state index contributed by atoms with van der Waals surface area (Å²) in [6.45, 7) is 1.91. The van der Waals surface area contributed by atoms with Gasteiger partial charge in [-0.15, -0.1) is 0 Å². The third-order valence-electron chi connectivity index (χ3n) is 2.28. The van der Waals surface area contributed by atoms with Gasteiger partial charge in [0.15, 0.2) is 0 Å². The number of hydrogen-bond acceptors (Lipinski definition) is 4. The molecule has 0 aliphatic rings. The third kappa shape index (κ3) is 3.71. The summed E-state index contributed by atoms with van der Waals surface area (Å²) in [6, 6.07) is 2.09. The van der Waals surface area contributed by atoms with Gasteiger partial charge in [0.1, 0.15) is 5.82 Å². The van der Waals surface area contributed by atoms with Crippen molar-refractivity contribution in [1.82, 2.24) is 0 Å². The molecule has 4 nitrogen and oxygen atoms in total. The van der Waals surface area contributed by atoms with E-state index in [4.69, 9.17) is 27.9 Å². The molecule has 0 saturated carbocycles. The van der Waals surface area contributed by atoms with Crippen LogP contribution >= 0.6 is 23.2 Å². The van der Waals surface area contributed by atoms with Crippen molar-refractivity contribution in [2.75, 3.05) is 13.7 Å². The minimum atomic E-state index is -1.14. The lowest BCUT2D eigenvalue weighted by Crippen LogP contribution is -2.18. The molecular weight excluding hydrogens is 310 g/mol. The van der Waals surface area contributed by atoms with Gasteiger partial charge in [0.25, 0.3) is 5.78 Å². The fourth-order valence-corrected chi connectivity index (χ4v) is 1.65. The molecule has 20 heavy (non-hydrogen) atoms. The zero-order valence-corrected chi connectivity index (χ0v) is 12.2. The Labute approximate surface area is 125 Å². The van der Waals surface area contributed by atoms with E-state index in [2.05, 4.69) is 4.74 Å². The average Bonchev–Trinajstić information content (AvgIpc) is 2.43. The average molecular weight is 321 g/mol. The fraction of sp³-hybridized carbons (Fsp3) is 0.231. The number of ketones is 1. The van der Waals surface area contributed by atoms with Crippen LogP contribution in [0.25, 0.3) is 5.57 Å². The Morgan fingerprint density at radius 2 is 1.90 bits per heavy atom. The Bertz CT molecular complexity index is 570. The van der Waals surface area contributed by atoms with Crippen LogP contribution < -0.4 is 0 Å². The Morgan fingerprint density at radius 3 is 2.45 bits per heavy atom. The molecule has 0 spiro atoms. The first-order chi connectivity index (χ1) is 9.42. The number of rotatable bonds is 5. The van der Waals surface area contributed by atoms with E-state index in [1.165, 1.54) is 0 Å². The summed E-state index contributed by atoms with van der Waals surface area (Å²) in [5.74, 6) is -2.98. The van der Waals surface area contributed by atoms with Crippen molar-refractivity contribution >= 4 is 40.5 Å². The molecule has 0 atom stereocenters. The summed E-state index contributed by atoms with van der Waals surface area (Å²) in [4.78, 5) is 23.2. The smallest absolute Gasteiger partial charge is 0.379 e.